The highest BCUT2D eigenvalue weighted by Crippen LogP contribution is 2.36. The summed E-state index contributed by atoms with van der Waals surface area (Å²) in [5, 5.41) is 8.53. The third-order valence-electron chi connectivity index (χ3n) is 2.81. The minimum absolute atomic E-state index is 0.337. The fourth-order valence-corrected chi connectivity index (χ4v) is 2.73. The van der Waals surface area contributed by atoms with E-state index in [0.29, 0.717) is 6.61 Å². The molecule has 7 nitrogen and oxygen atoms in total. The summed E-state index contributed by atoms with van der Waals surface area (Å²) in [7, 11) is -9.00. The van der Waals surface area contributed by atoms with Crippen LogP contribution in [0.3, 0.4) is 0 Å². The first-order valence-electron chi connectivity index (χ1n) is 6.62. The summed E-state index contributed by atoms with van der Waals surface area (Å²) < 4.78 is 110. The maximum absolute atomic E-state index is 11.4. The summed E-state index contributed by atoms with van der Waals surface area (Å²) in [5.41, 5.74) is -12.4. The summed E-state index contributed by atoms with van der Waals surface area (Å²) in [6.45, 7) is 4.88. The van der Waals surface area contributed by atoms with Crippen LogP contribution >= 0.6 is 0 Å². The molecule has 0 aliphatic carbocycles. The average molecular weight is 426 g/mol. The van der Waals surface area contributed by atoms with Gasteiger partial charge in [-0.25, -0.2) is 16.8 Å². The zero-order chi connectivity index (χ0) is 20.7. The zero-order valence-electron chi connectivity index (χ0n) is 13.6. The van der Waals surface area contributed by atoms with Gasteiger partial charge in [-0.15, -0.1) is 0 Å². The van der Waals surface area contributed by atoms with Crippen molar-refractivity contribution in [2.45, 2.75) is 30.8 Å². The third kappa shape index (κ3) is 10.2. The van der Waals surface area contributed by atoms with Crippen LogP contribution in [0.15, 0.2) is 0 Å². The molecule has 0 saturated heterocycles. The van der Waals surface area contributed by atoms with Gasteiger partial charge in [0.15, 0.2) is 20.0 Å². The van der Waals surface area contributed by atoms with Gasteiger partial charge in [-0.3, -0.25) is 0 Å². The van der Waals surface area contributed by atoms with Gasteiger partial charge >= 0.3 is 11.0 Å². The molecule has 25 heavy (non-hydrogen) atoms. The van der Waals surface area contributed by atoms with Crippen molar-refractivity contribution in [2.75, 3.05) is 33.8 Å². The summed E-state index contributed by atoms with van der Waals surface area (Å²) in [4.78, 5) is 0. The molecule has 0 aromatic carbocycles. The Hall–Kier alpha value is -0.640. The standard InChI is InChI=1S/C8H20NO.C2F6NO4S2/c1-4-9(2,3)7-5-6-8-10;3-1(4,5)14(10,11)9-15(12,13)2(6,7)8/h10H,4-8H2,1-3H3;/q+1;-1. The predicted octanol–water partition coefficient (Wildman–Crippen LogP) is 1.91. The number of nitrogens with zero attached hydrogens (tertiary/aromatic N) is 2. The number of hydrogen-bond acceptors (Lipinski definition) is 5. The summed E-state index contributed by atoms with van der Waals surface area (Å²) in [6.07, 6.45) is 2.08. The van der Waals surface area contributed by atoms with Gasteiger partial charge in [0, 0.05) is 6.61 Å². The maximum Gasteiger partial charge on any atom is 0.480 e. The lowest BCUT2D eigenvalue weighted by molar-refractivity contribution is -0.888. The van der Waals surface area contributed by atoms with Crippen LogP contribution in [0.1, 0.15) is 19.8 Å². The van der Waals surface area contributed by atoms with E-state index in [2.05, 4.69) is 21.0 Å². The van der Waals surface area contributed by atoms with Crippen molar-refractivity contribution in [3.05, 3.63) is 4.13 Å². The first-order valence-corrected chi connectivity index (χ1v) is 9.50. The molecule has 0 aromatic heterocycles. The lowest BCUT2D eigenvalue weighted by Crippen LogP contribution is -2.39. The van der Waals surface area contributed by atoms with Crippen molar-refractivity contribution in [1.82, 2.24) is 0 Å². The highest BCUT2D eigenvalue weighted by molar-refractivity contribution is 8.13. The molecule has 0 aliphatic rings. The Morgan fingerprint density at radius 3 is 1.48 bits per heavy atom. The second-order valence-corrected chi connectivity index (χ2v) is 8.74. The Labute approximate surface area is 142 Å². The van der Waals surface area contributed by atoms with E-state index in [4.69, 9.17) is 5.11 Å². The van der Waals surface area contributed by atoms with E-state index < -0.39 is 31.1 Å². The van der Waals surface area contributed by atoms with Gasteiger partial charge in [0.1, 0.15) is 0 Å². The summed E-state index contributed by atoms with van der Waals surface area (Å²) in [5.74, 6) is 0. The van der Waals surface area contributed by atoms with Gasteiger partial charge in [-0.05, 0) is 19.8 Å². The van der Waals surface area contributed by atoms with E-state index in [1.54, 1.807) is 0 Å². The zero-order valence-corrected chi connectivity index (χ0v) is 15.2. The van der Waals surface area contributed by atoms with Crippen LogP contribution < -0.4 is 0 Å². The number of halogens is 6. The molecule has 0 unspecified atom stereocenters. The second-order valence-electron chi connectivity index (χ2n) is 5.32. The predicted molar refractivity (Wildman–Crippen MR) is 77.1 cm³/mol. The number of hydrogen-bond donors (Lipinski definition) is 1. The van der Waals surface area contributed by atoms with Crippen LogP contribution in [0.5, 0.6) is 0 Å². The molecule has 0 radical (unpaired) electrons. The van der Waals surface area contributed by atoms with E-state index in [1.807, 2.05) is 0 Å². The number of aliphatic hydroxyl groups is 1. The SMILES string of the molecule is CC[N+](C)(C)CCCCO.O=S(=O)([N-]S(=O)(=O)C(F)(F)F)C(F)(F)F. The molecule has 0 bridgehead atoms. The Bertz CT molecular complexity index is 556. The molecule has 0 rings (SSSR count). The Morgan fingerprint density at radius 2 is 1.24 bits per heavy atom. The van der Waals surface area contributed by atoms with Gasteiger partial charge < -0.3 is 13.7 Å². The number of unbranched alkanes of at least 4 members (excludes halogenated alkanes) is 1. The molecule has 1 N–H and O–H groups in total. The number of quaternary nitrogens is 1. The molecule has 0 fully saturated rings. The van der Waals surface area contributed by atoms with Crippen molar-refractivity contribution in [3.63, 3.8) is 0 Å². The molecule has 0 atom stereocenters. The number of alkyl halides is 6. The quantitative estimate of drug-likeness (QED) is 0.381. The molecule has 15 heteroatoms. The molecule has 0 aromatic rings. The topological polar surface area (TPSA) is 103 Å². The Kier molecular flexibility index (Phi) is 9.93. The monoisotopic (exact) mass is 426 g/mol. The van der Waals surface area contributed by atoms with Crippen LogP contribution in [0.4, 0.5) is 26.3 Å². The van der Waals surface area contributed by atoms with Crippen molar-refractivity contribution in [3.8, 4) is 0 Å². The molecule has 154 valence electrons. The molecular formula is C10H20F6N2O5S2. The van der Waals surface area contributed by atoms with Crippen molar-refractivity contribution < 1.29 is 52.8 Å². The summed E-state index contributed by atoms with van der Waals surface area (Å²) >= 11 is 0. The minimum atomic E-state index is -6.72. The second kappa shape index (κ2) is 9.34. The van der Waals surface area contributed by atoms with Gasteiger partial charge in [0.2, 0.25) is 0 Å². The van der Waals surface area contributed by atoms with Gasteiger partial charge in [-0.1, -0.05) is 0 Å². The van der Waals surface area contributed by atoms with Gasteiger partial charge in [-0.2, -0.15) is 26.3 Å². The van der Waals surface area contributed by atoms with Crippen LogP contribution in [-0.2, 0) is 20.0 Å². The molecule has 0 spiro atoms. The van der Waals surface area contributed by atoms with E-state index in [1.165, 1.54) is 13.1 Å². The molecule has 0 saturated carbocycles. The van der Waals surface area contributed by atoms with Crippen LogP contribution in [-0.4, -0.2) is 71.2 Å². The van der Waals surface area contributed by atoms with Gasteiger partial charge in [0.05, 0.1) is 27.2 Å². The van der Waals surface area contributed by atoms with Crippen molar-refractivity contribution in [2.24, 2.45) is 0 Å². The highest BCUT2D eigenvalue weighted by Gasteiger charge is 2.46. The fraction of sp³-hybridized carbons (Fsp3) is 1.00. The van der Waals surface area contributed by atoms with Crippen molar-refractivity contribution in [1.29, 1.82) is 0 Å². The van der Waals surface area contributed by atoms with Crippen molar-refractivity contribution >= 4 is 20.0 Å². The van der Waals surface area contributed by atoms with Crippen LogP contribution in [0.25, 0.3) is 4.13 Å². The molecular weight excluding hydrogens is 406 g/mol. The van der Waals surface area contributed by atoms with E-state index in [0.717, 1.165) is 21.5 Å². The normalized spacial score (nSPS) is 14.0. The Balaban J connectivity index is 0. The smallest absolute Gasteiger partial charge is 0.421 e. The molecule has 0 amide bonds. The number of aliphatic hydroxyl groups excluding tert-OH is 1. The first-order chi connectivity index (χ1) is 10.8. The van der Waals surface area contributed by atoms with Crippen LogP contribution in [0.2, 0.25) is 0 Å². The molecule has 0 heterocycles. The lowest BCUT2D eigenvalue weighted by Gasteiger charge is -2.27. The van der Waals surface area contributed by atoms with E-state index in [9.17, 15) is 43.2 Å². The number of rotatable bonds is 7. The molecule has 0 aliphatic heterocycles. The van der Waals surface area contributed by atoms with Crippen LogP contribution in [0, 0.1) is 0 Å². The number of sulfonamides is 2. The third-order valence-corrected chi connectivity index (χ3v) is 5.55. The summed E-state index contributed by atoms with van der Waals surface area (Å²) in [6, 6.07) is 0. The van der Waals surface area contributed by atoms with E-state index in [-0.39, 0.29) is 0 Å². The van der Waals surface area contributed by atoms with Gasteiger partial charge in [0.25, 0.3) is 0 Å². The Morgan fingerprint density at radius 1 is 0.880 bits per heavy atom. The first kappa shape index (κ1) is 26.6. The maximum atomic E-state index is 11.4. The highest BCUT2D eigenvalue weighted by atomic mass is 32.3. The largest absolute Gasteiger partial charge is 0.480 e. The van der Waals surface area contributed by atoms with E-state index >= 15 is 0 Å². The average Bonchev–Trinajstić information content (AvgIpc) is 2.35. The minimum Gasteiger partial charge on any atom is -0.421 e. The lowest BCUT2D eigenvalue weighted by atomic mass is 10.3. The fourth-order valence-electron chi connectivity index (χ4n) is 1.02.